The van der Waals surface area contributed by atoms with Crippen LogP contribution in [0.5, 0.6) is 0 Å². The summed E-state index contributed by atoms with van der Waals surface area (Å²) in [6.45, 7) is 8.78. The fraction of sp³-hybridized carbons (Fsp3) is 0.294. The topological polar surface area (TPSA) is 0 Å². The smallest absolute Gasteiger partial charge is 0.0181 e. The zero-order chi connectivity index (χ0) is 12.4. The number of hydrogen-bond acceptors (Lipinski definition) is 0. The summed E-state index contributed by atoms with van der Waals surface area (Å²) in [6, 6.07) is 15.6. The van der Waals surface area contributed by atoms with Crippen molar-refractivity contribution in [2.45, 2.75) is 33.6 Å². The predicted octanol–water partition coefficient (Wildman–Crippen LogP) is 5.09. The highest BCUT2D eigenvalue weighted by atomic mass is 14.1. The lowest BCUT2D eigenvalue weighted by Crippen LogP contribution is -1.87. The van der Waals surface area contributed by atoms with Gasteiger partial charge in [0.15, 0.2) is 0 Å². The van der Waals surface area contributed by atoms with Crippen LogP contribution in [0.15, 0.2) is 42.5 Å². The molecule has 0 nitrogen and oxygen atoms in total. The van der Waals surface area contributed by atoms with Crippen molar-refractivity contribution in [3.05, 3.63) is 59.2 Å². The predicted molar refractivity (Wildman–Crippen MR) is 75.4 cm³/mol. The molecular formula is C17H20. The van der Waals surface area contributed by atoms with Crippen molar-refractivity contribution in [1.29, 1.82) is 0 Å². The minimum atomic E-state index is 0.601. The molecule has 0 radical (unpaired) electrons. The molecule has 0 aliphatic carbocycles. The van der Waals surface area contributed by atoms with E-state index in [4.69, 9.17) is 0 Å². The molecule has 0 atom stereocenters. The van der Waals surface area contributed by atoms with Gasteiger partial charge in [-0.1, -0.05) is 56.3 Å². The monoisotopic (exact) mass is 224 g/mol. The van der Waals surface area contributed by atoms with Gasteiger partial charge in [0.1, 0.15) is 0 Å². The molecule has 88 valence electrons. The summed E-state index contributed by atoms with van der Waals surface area (Å²) in [5.41, 5.74) is 6.72. The maximum absolute atomic E-state index is 2.26. The van der Waals surface area contributed by atoms with E-state index in [-0.39, 0.29) is 0 Å². The molecule has 0 saturated heterocycles. The molecule has 0 saturated carbocycles. The lowest BCUT2D eigenvalue weighted by Gasteiger charge is -2.08. The Hall–Kier alpha value is -1.56. The number of benzene rings is 2. The van der Waals surface area contributed by atoms with E-state index < -0.39 is 0 Å². The lowest BCUT2D eigenvalue weighted by atomic mass is 9.97. The largest absolute Gasteiger partial charge is 0.0587 e. The molecule has 0 bridgehead atoms. The molecular weight excluding hydrogens is 204 g/mol. The van der Waals surface area contributed by atoms with Crippen LogP contribution in [0.4, 0.5) is 0 Å². The Morgan fingerprint density at radius 3 is 1.82 bits per heavy atom. The second kappa shape index (κ2) is 4.75. The van der Waals surface area contributed by atoms with Crippen LogP contribution in [0.1, 0.15) is 36.5 Å². The maximum atomic E-state index is 2.26. The fourth-order valence-corrected chi connectivity index (χ4v) is 1.98. The zero-order valence-electron chi connectivity index (χ0n) is 11.1. The van der Waals surface area contributed by atoms with Crippen LogP contribution in [-0.2, 0) is 0 Å². The average Bonchev–Trinajstić information content (AvgIpc) is 2.33. The van der Waals surface area contributed by atoms with E-state index in [0.29, 0.717) is 5.92 Å². The van der Waals surface area contributed by atoms with Gasteiger partial charge in [0.2, 0.25) is 0 Å². The molecule has 2 aromatic rings. The molecule has 0 fully saturated rings. The molecule has 0 aliphatic heterocycles. The van der Waals surface area contributed by atoms with Gasteiger partial charge in [0.25, 0.3) is 0 Å². The molecule has 0 unspecified atom stereocenters. The van der Waals surface area contributed by atoms with Gasteiger partial charge in [0.05, 0.1) is 0 Å². The number of hydrogen-bond donors (Lipinski definition) is 0. The third kappa shape index (κ3) is 2.58. The van der Waals surface area contributed by atoms with E-state index in [9.17, 15) is 0 Å². The van der Waals surface area contributed by atoms with Crippen LogP contribution in [0.3, 0.4) is 0 Å². The van der Waals surface area contributed by atoms with Crippen LogP contribution in [-0.4, -0.2) is 0 Å². The molecule has 17 heavy (non-hydrogen) atoms. The van der Waals surface area contributed by atoms with E-state index in [0.717, 1.165) is 0 Å². The highest BCUT2D eigenvalue weighted by molar-refractivity contribution is 5.65. The first-order valence-electron chi connectivity index (χ1n) is 6.25. The quantitative estimate of drug-likeness (QED) is 0.666. The summed E-state index contributed by atoms with van der Waals surface area (Å²) in [5, 5.41) is 0. The first kappa shape index (κ1) is 11.9. The zero-order valence-corrected chi connectivity index (χ0v) is 11.1. The van der Waals surface area contributed by atoms with Crippen molar-refractivity contribution < 1.29 is 0 Å². The van der Waals surface area contributed by atoms with Crippen molar-refractivity contribution in [3.8, 4) is 11.1 Å². The Morgan fingerprint density at radius 1 is 0.706 bits per heavy atom. The summed E-state index contributed by atoms with van der Waals surface area (Å²) in [7, 11) is 0. The van der Waals surface area contributed by atoms with Gasteiger partial charge in [-0.25, -0.2) is 0 Å². The molecule has 0 N–H and O–H groups in total. The van der Waals surface area contributed by atoms with Crippen molar-refractivity contribution in [1.82, 2.24) is 0 Å². The summed E-state index contributed by atoms with van der Waals surface area (Å²) < 4.78 is 0. The van der Waals surface area contributed by atoms with Gasteiger partial charge < -0.3 is 0 Å². The van der Waals surface area contributed by atoms with E-state index in [1.807, 2.05) is 0 Å². The van der Waals surface area contributed by atoms with Gasteiger partial charge in [-0.3, -0.25) is 0 Å². The Morgan fingerprint density at radius 2 is 1.29 bits per heavy atom. The van der Waals surface area contributed by atoms with E-state index in [1.54, 1.807) is 0 Å². The normalized spacial score (nSPS) is 10.9. The Bertz CT molecular complexity index is 504. The second-order valence-corrected chi connectivity index (χ2v) is 5.08. The van der Waals surface area contributed by atoms with Gasteiger partial charge in [0, 0.05) is 0 Å². The average molecular weight is 224 g/mol. The van der Waals surface area contributed by atoms with Crippen molar-refractivity contribution >= 4 is 0 Å². The number of rotatable bonds is 2. The van der Waals surface area contributed by atoms with Gasteiger partial charge in [-0.2, -0.15) is 0 Å². The van der Waals surface area contributed by atoms with Gasteiger partial charge in [-0.05, 0) is 47.6 Å². The SMILES string of the molecule is Cc1ccc(-c2ccc(C(C)C)cc2)cc1C. The van der Waals surface area contributed by atoms with E-state index in [2.05, 4.69) is 70.2 Å². The molecule has 0 heterocycles. The minimum absolute atomic E-state index is 0.601. The summed E-state index contributed by atoms with van der Waals surface area (Å²) in [6.07, 6.45) is 0. The van der Waals surface area contributed by atoms with Gasteiger partial charge >= 0.3 is 0 Å². The lowest BCUT2D eigenvalue weighted by molar-refractivity contribution is 0.867. The third-order valence-electron chi connectivity index (χ3n) is 3.42. The van der Waals surface area contributed by atoms with Crippen LogP contribution >= 0.6 is 0 Å². The van der Waals surface area contributed by atoms with Gasteiger partial charge in [-0.15, -0.1) is 0 Å². The summed E-state index contributed by atoms with van der Waals surface area (Å²) >= 11 is 0. The van der Waals surface area contributed by atoms with Crippen molar-refractivity contribution in [3.63, 3.8) is 0 Å². The molecule has 0 heteroatoms. The first-order chi connectivity index (χ1) is 8.08. The maximum Gasteiger partial charge on any atom is -0.0181 e. The van der Waals surface area contributed by atoms with Crippen molar-refractivity contribution in [2.75, 3.05) is 0 Å². The van der Waals surface area contributed by atoms with Crippen LogP contribution in [0, 0.1) is 13.8 Å². The third-order valence-corrected chi connectivity index (χ3v) is 3.42. The van der Waals surface area contributed by atoms with E-state index >= 15 is 0 Å². The summed E-state index contributed by atoms with van der Waals surface area (Å²) in [5.74, 6) is 0.601. The first-order valence-corrected chi connectivity index (χ1v) is 6.25. The molecule has 2 aromatic carbocycles. The standard InChI is InChI=1S/C17H20/c1-12(2)15-7-9-16(10-8-15)17-6-5-13(3)14(4)11-17/h5-12H,1-4H3. The minimum Gasteiger partial charge on any atom is -0.0587 e. The Labute approximate surface area is 104 Å². The Balaban J connectivity index is 2.36. The highest BCUT2D eigenvalue weighted by Gasteiger charge is 2.02. The summed E-state index contributed by atoms with van der Waals surface area (Å²) in [4.78, 5) is 0. The number of aryl methyl sites for hydroxylation is 2. The van der Waals surface area contributed by atoms with Crippen LogP contribution < -0.4 is 0 Å². The molecule has 2 rings (SSSR count). The van der Waals surface area contributed by atoms with Crippen LogP contribution in [0.2, 0.25) is 0 Å². The molecule has 0 aromatic heterocycles. The van der Waals surface area contributed by atoms with E-state index in [1.165, 1.54) is 27.8 Å². The fourth-order valence-electron chi connectivity index (χ4n) is 1.98. The highest BCUT2D eigenvalue weighted by Crippen LogP contribution is 2.24. The van der Waals surface area contributed by atoms with Crippen LogP contribution in [0.25, 0.3) is 11.1 Å². The second-order valence-electron chi connectivity index (χ2n) is 5.08. The molecule has 0 aliphatic rings. The molecule has 0 spiro atoms. The Kier molecular flexibility index (Phi) is 3.33. The van der Waals surface area contributed by atoms with Crippen molar-refractivity contribution in [2.24, 2.45) is 0 Å². The molecule has 0 amide bonds.